The van der Waals surface area contributed by atoms with Crippen LogP contribution in [0.15, 0.2) is 24.3 Å². The highest BCUT2D eigenvalue weighted by molar-refractivity contribution is 9.09. The highest BCUT2D eigenvalue weighted by Crippen LogP contribution is 2.16. The molecule has 1 aliphatic rings. The third-order valence-electron chi connectivity index (χ3n) is 6.37. The molecular weight excluding hydrogens is 594 g/mol. The normalized spacial score (nSPS) is 18.8. The molecule has 1 heterocycles. The van der Waals surface area contributed by atoms with Crippen molar-refractivity contribution in [1.29, 1.82) is 0 Å². The van der Waals surface area contributed by atoms with E-state index < -0.39 is 56.1 Å². The number of benzene rings is 1. The first-order valence-electron chi connectivity index (χ1n) is 12.6. The Labute approximate surface area is 240 Å². The van der Waals surface area contributed by atoms with Gasteiger partial charge in [-0.25, -0.2) is 0 Å². The fourth-order valence-corrected chi connectivity index (χ4v) is 4.65. The van der Waals surface area contributed by atoms with Crippen molar-refractivity contribution in [3.63, 3.8) is 0 Å². The third-order valence-corrected chi connectivity index (χ3v) is 6.88. The number of carboxylic acid groups (broad SMARTS) is 4. The highest BCUT2D eigenvalue weighted by Gasteiger charge is 2.25. The minimum absolute atomic E-state index is 0.0863. The van der Waals surface area contributed by atoms with E-state index in [9.17, 15) is 44.4 Å². The average molecular weight is 626 g/mol. The molecule has 1 aromatic rings. The summed E-state index contributed by atoms with van der Waals surface area (Å²) in [6.45, 7) is -0.969. The zero-order chi connectivity index (χ0) is 29.7. The molecule has 0 radical (unpaired) electrons. The molecule has 1 amide bonds. The number of rotatable bonds is 12. The molecule has 222 valence electrons. The Morgan fingerprint density at radius 2 is 1.15 bits per heavy atom. The molecule has 14 nitrogen and oxygen atoms in total. The Morgan fingerprint density at radius 1 is 0.700 bits per heavy atom. The number of aliphatic carboxylic acids is 4. The molecular formula is C25H32BrN5O9-4. The van der Waals surface area contributed by atoms with E-state index in [2.05, 4.69) is 21.2 Å². The zero-order valence-electron chi connectivity index (χ0n) is 21.9. The van der Waals surface area contributed by atoms with Crippen LogP contribution in [0.1, 0.15) is 5.56 Å². The molecule has 1 aromatic carbocycles. The Hall–Kier alpha value is -3.11. The number of nitrogens with one attached hydrogen (secondary N) is 1. The minimum Gasteiger partial charge on any atom is -0.549 e. The lowest BCUT2D eigenvalue weighted by atomic mass is 10.0. The van der Waals surface area contributed by atoms with Crippen LogP contribution in [0.2, 0.25) is 0 Å². The number of halogens is 1. The summed E-state index contributed by atoms with van der Waals surface area (Å²) < 4.78 is 0. The van der Waals surface area contributed by atoms with Crippen molar-refractivity contribution in [2.24, 2.45) is 0 Å². The number of hydrogen-bond donors (Lipinski definition) is 1. The first-order valence-corrected chi connectivity index (χ1v) is 13.7. The third kappa shape index (κ3) is 12.8. The van der Waals surface area contributed by atoms with Gasteiger partial charge in [0.2, 0.25) is 5.91 Å². The van der Waals surface area contributed by atoms with Crippen LogP contribution in [0.25, 0.3) is 0 Å². The molecule has 0 bridgehead atoms. The molecule has 0 saturated carbocycles. The van der Waals surface area contributed by atoms with Crippen LogP contribution in [-0.4, -0.2) is 133 Å². The van der Waals surface area contributed by atoms with E-state index in [4.69, 9.17) is 0 Å². The second-order valence-corrected chi connectivity index (χ2v) is 10.0. The Bertz CT molecular complexity index is 1030. The highest BCUT2D eigenvalue weighted by atomic mass is 79.9. The van der Waals surface area contributed by atoms with Crippen molar-refractivity contribution in [2.75, 3.05) is 82.6 Å². The number of carboxylic acids is 4. The van der Waals surface area contributed by atoms with Gasteiger partial charge in [-0.3, -0.25) is 24.4 Å². The first kappa shape index (κ1) is 33.1. The summed E-state index contributed by atoms with van der Waals surface area (Å²) in [5, 5.41) is 48.7. The summed E-state index contributed by atoms with van der Waals surface area (Å²) in [7, 11) is 0. The number of amides is 1. The molecule has 1 N–H and O–H groups in total. The summed E-state index contributed by atoms with van der Waals surface area (Å²) in [5.74, 6) is -5.62. The monoisotopic (exact) mass is 625 g/mol. The van der Waals surface area contributed by atoms with E-state index in [0.29, 0.717) is 5.69 Å². The van der Waals surface area contributed by atoms with Gasteiger partial charge < -0.3 is 44.9 Å². The van der Waals surface area contributed by atoms with Crippen LogP contribution < -0.4 is 25.7 Å². The molecule has 0 aromatic heterocycles. The van der Waals surface area contributed by atoms with Crippen LogP contribution in [0.3, 0.4) is 0 Å². The number of carbonyl (C=O) groups excluding carboxylic acids is 5. The number of carbonyl (C=O) groups is 5. The Balaban J connectivity index is 2.38. The van der Waals surface area contributed by atoms with E-state index in [1.807, 2.05) is 0 Å². The van der Waals surface area contributed by atoms with Crippen molar-refractivity contribution in [3.8, 4) is 0 Å². The van der Waals surface area contributed by atoms with Crippen molar-refractivity contribution in [2.45, 2.75) is 12.5 Å². The maximum Gasteiger partial charge on any atom is 0.235 e. The van der Waals surface area contributed by atoms with Crippen LogP contribution in [0.4, 0.5) is 5.69 Å². The summed E-state index contributed by atoms with van der Waals surface area (Å²) in [6.07, 6.45) is 0.284. The smallest absolute Gasteiger partial charge is 0.235 e. The lowest BCUT2D eigenvalue weighted by Gasteiger charge is -2.39. The Kier molecular flexibility index (Phi) is 14.0. The lowest BCUT2D eigenvalue weighted by Crippen LogP contribution is -2.55. The number of anilines is 1. The molecule has 1 atom stereocenters. The molecule has 0 unspecified atom stereocenters. The number of alkyl halides is 1. The molecule has 1 aliphatic heterocycles. The van der Waals surface area contributed by atoms with Gasteiger partial charge in [0.05, 0.1) is 29.2 Å². The molecule has 1 saturated heterocycles. The Morgan fingerprint density at radius 3 is 1.62 bits per heavy atom. The van der Waals surface area contributed by atoms with Gasteiger partial charge >= 0.3 is 0 Å². The first-order chi connectivity index (χ1) is 18.9. The maximum atomic E-state index is 11.7. The lowest BCUT2D eigenvalue weighted by molar-refractivity contribution is -0.309. The summed E-state index contributed by atoms with van der Waals surface area (Å²) in [5.41, 5.74) is 1.33. The predicted octanol–water partition coefficient (Wildman–Crippen LogP) is -5.85. The van der Waals surface area contributed by atoms with Crippen molar-refractivity contribution in [3.05, 3.63) is 29.8 Å². The van der Waals surface area contributed by atoms with E-state index in [1.165, 1.54) is 9.80 Å². The SMILES string of the molecule is O=C([O-])CN1CCN(CC(=O)[O-])CCN(CC(=O)[O-])[C@@H](Cc2ccc(NC(=O)CBr)cc2)CN(CC(=O)[O-])CC1. The fourth-order valence-electron chi connectivity index (χ4n) is 4.51. The van der Waals surface area contributed by atoms with E-state index in [0.717, 1.165) is 5.56 Å². The van der Waals surface area contributed by atoms with Gasteiger partial charge in [0.25, 0.3) is 0 Å². The van der Waals surface area contributed by atoms with Crippen molar-refractivity contribution >= 4 is 51.4 Å². The van der Waals surface area contributed by atoms with Crippen molar-refractivity contribution < 1.29 is 44.4 Å². The molecule has 15 heteroatoms. The van der Waals surface area contributed by atoms with Crippen molar-refractivity contribution in [1.82, 2.24) is 19.6 Å². The van der Waals surface area contributed by atoms with Gasteiger partial charge in [-0.05, 0) is 24.1 Å². The summed E-state index contributed by atoms with van der Waals surface area (Å²) in [4.78, 5) is 63.7. The van der Waals surface area contributed by atoms with Crippen LogP contribution in [-0.2, 0) is 30.4 Å². The van der Waals surface area contributed by atoms with Gasteiger partial charge in [0.1, 0.15) is 0 Å². The molecule has 40 heavy (non-hydrogen) atoms. The van der Waals surface area contributed by atoms with Gasteiger partial charge in [-0.2, -0.15) is 0 Å². The van der Waals surface area contributed by atoms with E-state index >= 15 is 0 Å². The summed E-state index contributed by atoms with van der Waals surface area (Å²) >= 11 is 3.07. The minimum atomic E-state index is -1.36. The van der Waals surface area contributed by atoms with Gasteiger partial charge in [-0.15, -0.1) is 0 Å². The molecule has 0 spiro atoms. The molecule has 1 fully saturated rings. The fraction of sp³-hybridized carbons (Fsp3) is 0.560. The topological polar surface area (TPSA) is 203 Å². The van der Waals surface area contributed by atoms with E-state index in [-0.39, 0.29) is 63.5 Å². The summed E-state index contributed by atoms with van der Waals surface area (Å²) in [6, 6.07) is 6.33. The maximum absolute atomic E-state index is 11.7. The van der Waals surface area contributed by atoms with Crippen LogP contribution in [0, 0.1) is 0 Å². The second-order valence-electron chi connectivity index (χ2n) is 9.48. The quantitative estimate of drug-likeness (QED) is 0.215. The molecule has 0 aliphatic carbocycles. The van der Waals surface area contributed by atoms with Crippen LogP contribution in [0.5, 0.6) is 0 Å². The number of hydrogen-bond acceptors (Lipinski definition) is 13. The van der Waals surface area contributed by atoms with Gasteiger partial charge in [0.15, 0.2) is 0 Å². The largest absolute Gasteiger partial charge is 0.549 e. The average Bonchev–Trinajstić information content (AvgIpc) is 2.86. The standard InChI is InChI=1S/C25H36BrN5O9/c26-12-21(32)27-19-3-1-18(2-4-19)11-20-13-30(16-24(37)38)8-7-28(14-22(33)34)5-6-29(15-23(35)36)9-10-31(20)17-25(39)40/h1-4,20H,5-17H2,(H,27,32)(H,33,34)(H,35,36)(H,37,38)(H,39,40)/p-4/t20-/m0/s1. The zero-order valence-corrected chi connectivity index (χ0v) is 23.5. The second kappa shape index (κ2) is 16.9. The van der Waals surface area contributed by atoms with Gasteiger partial charge in [-0.1, -0.05) is 28.1 Å². The van der Waals surface area contributed by atoms with E-state index in [1.54, 1.807) is 34.1 Å². The number of nitrogens with zero attached hydrogens (tertiary/aromatic N) is 4. The van der Waals surface area contributed by atoms with Gasteiger partial charge in [0, 0.05) is 83.7 Å². The van der Waals surface area contributed by atoms with Crippen LogP contribution >= 0.6 is 15.9 Å². The predicted molar refractivity (Wildman–Crippen MR) is 137 cm³/mol. The molecule has 2 rings (SSSR count).